The molecule has 0 aliphatic rings. The van der Waals surface area contributed by atoms with E-state index in [9.17, 15) is 9.18 Å². The monoisotopic (exact) mass is 165 g/mol. The molecule has 0 radical (unpaired) electrons. The van der Waals surface area contributed by atoms with Crippen molar-refractivity contribution in [1.29, 1.82) is 0 Å². The second-order valence-corrected chi connectivity index (χ2v) is 2.35. The number of aldehydes is 1. The first-order valence-corrected chi connectivity index (χ1v) is 3.48. The summed E-state index contributed by atoms with van der Waals surface area (Å²) < 4.78 is 12.5. The lowest BCUT2D eigenvalue weighted by Crippen LogP contribution is -1.88. The fourth-order valence-electron chi connectivity index (χ4n) is 0.856. The predicted octanol–water partition coefficient (Wildman–Crippen LogP) is 1.74. The zero-order valence-corrected chi connectivity index (χ0v) is 6.62. The van der Waals surface area contributed by atoms with Crippen molar-refractivity contribution in [3.63, 3.8) is 0 Å². The van der Waals surface area contributed by atoms with E-state index in [0.717, 1.165) is 6.20 Å². The molecule has 62 valence electrons. The molecule has 0 saturated heterocycles. The van der Waals surface area contributed by atoms with Crippen LogP contribution < -0.4 is 0 Å². The van der Waals surface area contributed by atoms with Crippen LogP contribution in [-0.4, -0.2) is 11.3 Å². The van der Waals surface area contributed by atoms with Crippen LogP contribution in [0.25, 0.3) is 6.08 Å². The molecule has 1 aromatic rings. The second kappa shape index (κ2) is 3.76. The highest BCUT2D eigenvalue weighted by molar-refractivity contribution is 5.73. The van der Waals surface area contributed by atoms with E-state index in [2.05, 4.69) is 4.98 Å². The van der Waals surface area contributed by atoms with Crippen LogP contribution >= 0.6 is 0 Å². The van der Waals surface area contributed by atoms with Gasteiger partial charge in [-0.2, -0.15) is 0 Å². The molecule has 2 nitrogen and oxygen atoms in total. The van der Waals surface area contributed by atoms with Gasteiger partial charge in [-0.3, -0.25) is 9.78 Å². The smallest absolute Gasteiger partial charge is 0.142 e. The van der Waals surface area contributed by atoms with E-state index >= 15 is 0 Å². The van der Waals surface area contributed by atoms with E-state index in [1.54, 1.807) is 13.0 Å². The lowest BCUT2D eigenvalue weighted by molar-refractivity contribution is -0.104. The quantitative estimate of drug-likeness (QED) is 0.493. The number of carbonyl (C=O) groups excluding carboxylic acids is 1. The van der Waals surface area contributed by atoms with Crippen molar-refractivity contribution in [2.75, 3.05) is 0 Å². The number of rotatable bonds is 2. The highest BCUT2D eigenvalue weighted by Gasteiger charge is 1.96. The molecule has 0 saturated carbocycles. The van der Waals surface area contributed by atoms with Crippen molar-refractivity contribution in [3.8, 4) is 0 Å². The Bertz CT molecular complexity index is 320. The molecule has 0 atom stereocenters. The number of aryl methyl sites for hydroxylation is 1. The molecule has 0 N–H and O–H groups in total. The van der Waals surface area contributed by atoms with Gasteiger partial charge in [-0.05, 0) is 30.7 Å². The Morgan fingerprint density at radius 3 is 2.92 bits per heavy atom. The topological polar surface area (TPSA) is 30.0 Å². The Labute approximate surface area is 69.7 Å². The molecule has 0 aromatic carbocycles. The van der Waals surface area contributed by atoms with Crippen LogP contribution in [0.15, 0.2) is 18.3 Å². The van der Waals surface area contributed by atoms with Crippen molar-refractivity contribution in [3.05, 3.63) is 35.4 Å². The molecule has 1 aromatic heterocycles. The van der Waals surface area contributed by atoms with Gasteiger partial charge in [0.1, 0.15) is 12.1 Å². The highest BCUT2D eigenvalue weighted by atomic mass is 19.1. The number of carbonyl (C=O) groups is 1. The standard InChI is InChI=1S/C9H8FNO/c1-7-5-8(10)6-11-9(7)3-2-4-12/h2-6H,1H3. The lowest BCUT2D eigenvalue weighted by Gasteiger charge is -1.96. The summed E-state index contributed by atoms with van der Waals surface area (Å²) in [7, 11) is 0. The van der Waals surface area contributed by atoms with Gasteiger partial charge in [0.25, 0.3) is 0 Å². The van der Waals surface area contributed by atoms with Gasteiger partial charge in [0.2, 0.25) is 0 Å². The maximum absolute atomic E-state index is 12.5. The van der Waals surface area contributed by atoms with Crippen LogP contribution in [0.3, 0.4) is 0 Å². The van der Waals surface area contributed by atoms with E-state index in [0.29, 0.717) is 17.5 Å². The van der Waals surface area contributed by atoms with Crippen LogP contribution in [0, 0.1) is 12.7 Å². The van der Waals surface area contributed by atoms with E-state index in [1.165, 1.54) is 12.1 Å². The Morgan fingerprint density at radius 1 is 1.58 bits per heavy atom. The average molecular weight is 165 g/mol. The van der Waals surface area contributed by atoms with E-state index in [1.807, 2.05) is 0 Å². The number of pyridine rings is 1. The summed E-state index contributed by atoms with van der Waals surface area (Å²) in [4.78, 5) is 13.8. The number of hydrogen-bond acceptors (Lipinski definition) is 2. The summed E-state index contributed by atoms with van der Waals surface area (Å²) in [6.07, 6.45) is 4.65. The van der Waals surface area contributed by atoms with Gasteiger partial charge in [-0.15, -0.1) is 0 Å². The van der Waals surface area contributed by atoms with Crippen molar-refractivity contribution < 1.29 is 9.18 Å². The summed E-state index contributed by atoms with van der Waals surface area (Å²) >= 11 is 0. The van der Waals surface area contributed by atoms with Gasteiger partial charge in [-0.25, -0.2) is 4.39 Å². The normalized spacial score (nSPS) is 10.5. The fourth-order valence-corrected chi connectivity index (χ4v) is 0.856. The molecule has 0 fully saturated rings. The van der Waals surface area contributed by atoms with E-state index in [-0.39, 0.29) is 5.82 Å². The van der Waals surface area contributed by atoms with Gasteiger partial charge < -0.3 is 0 Å². The minimum atomic E-state index is -0.365. The molecule has 12 heavy (non-hydrogen) atoms. The van der Waals surface area contributed by atoms with Crippen LogP contribution in [-0.2, 0) is 4.79 Å². The first kappa shape index (κ1) is 8.59. The fraction of sp³-hybridized carbons (Fsp3) is 0.111. The van der Waals surface area contributed by atoms with E-state index in [4.69, 9.17) is 0 Å². The van der Waals surface area contributed by atoms with Gasteiger partial charge in [-0.1, -0.05) is 0 Å². The van der Waals surface area contributed by atoms with Crippen molar-refractivity contribution in [2.24, 2.45) is 0 Å². The molecule has 0 unspecified atom stereocenters. The Morgan fingerprint density at radius 2 is 2.33 bits per heavy atom. The van der Waals surface area contributed by atoms with Crippen molar-refractivity contribution in [2.45, 2.75) is 6.92 Å². The zero-order chi connectivity index (χ0) is 8.97. The van der Waals surface area contributed by atoms with Gasteiger partial charge in [0.15, 0.2) is 0 Å². The number of nitrogens with zero attached hydrogens (tertiary/aromatic N) is 1. The largest absolute Gasteiger partial charge is 0.299 e. The SMILES string of the molecule is Cc1cc(F)cnc1C=CC=O. The highest BCUT2D eigenvalue weighted by Crippen LogP contribution is 2.07. The Balaban J connectivity index is 3.01. The minimum absolute atomic E-state index is 0.365. The molecule has 0 aliphatic carbocycles. The molecule has 0 amide bonds. The van der Waals surface area contributed by atoms with E-state index < -0.39 is 0 Å². The molecule has 3 heteroatoms. The molecule has 1 rings (SSSR count). The molecule has 1 heterocycles. The molecule has 0 spiro atoms. The molecule has 0 aliphatic heterocycles. The van der Waals surface area contributed by atoms with Crippen LogP contribution in [0.1, 0.15) is 11.3 Å². The Hall–Kier alpha value is -1.51. The number of allylic oxidation sites excluding steroid dienone is 1. The summed E-state index contributed by atoms with van der Waals surface area (Å²) in [5.41, 5.74) is 1.33. The summed E-state index contributed by atoms with van der Waals surface area (Å²) in [6.45, 7) is 1.74. The van der Waals surface area contributed by atoms with Crippen LogP contribution in [0.2, 0.25) is 0 Å². The average Bonchev–Trinajstić information content (AvgIpc) is 2.03. The van der Waals surface area contributed by atoms with Gasteiger partial charge >= 0.3 is 0 Å². The third-order valence-corrected chi connectivity index (χ3v) is 1.42. The number of aromatic nitrogens is 1. The molecule has 0 bridgehead atoms. The molecular weight excluding hydrogens is 157 g/mol. The summed E-state index contributed by atoms with van der Waals surface area (Å²) in [6, 6.07) is 1.37. The maximum atomic E-state index is 12.5. The predicted molar refractivity (Wildman–Crippen MR) is 44.0 cm³/mol. The Kier molecular flexibility index (Phi) is 2.69. The van der Waals surface area contributed by atoms with Crippen LogP contribution in [0.4, 0.5) is 4.39 Å². The second-order valence-electron chi connectivity index (χ2n) is 2.35. The first-order chi connectivity index (χ1) is 5.74. The van der Waals surface area contributed by atoms with Gasteiger partial charge in [0.05, 0.1) is 11.9 Å². The van der Waals surface area contributed by atoms with Crippen molar-refractivity contribution >= 4 is 12.4 Å². The summed E-state index contributed by atoms with van der Waals surface area (Å²) in [5.74, 6) is -0.365. The van der Waals surface area contributed by atoms with Crippen molar-refractivity contribution in [1.82, 2.24) is 4.98 Å². The zero-order valence-electron chi connectivity index (χ0n) is 6.62. The number of hydrogen-bond donors (Lipinski definition) is 0. The third kappa shape index (κ3) is 1.99. The maximum Gasteiger partial charge on any atom is 0.142 e. The minimum Gasteiger partial charge on any atom is -0.299 e. The lowest BCUT2D eigenvalue weighted by atomic mass is 10.2. The summed E-state index contributed by atoms with van der Waals surface area (Å²) in [5, 5.41) is 0. The first-order valence-electron chi connectivity index (χ1n) is 3.48. The molecular formula is C9H8FNO. The third-order valence-electron chi connectivity index (χ3n) is 1.42. The number of halogens is 1. The van der Waals surface area contributed by atoms with Gasteiger partial charge in [0, 0.05) is 0 Å². The van der Waals surface area contributed by atoms with Crippen LogP contribution in [0.5, 0.6) is 0 Å².